The van der Waals surface area contributed by atoms with Crippen molar-refractivity contribution in [1.29, 1.82) is 0 Å². The second kappa shape index (κ2) is 9.67. The quantitative estimate of drug-likeness (QED) is 0.720. The molecule has 0 aromatic heterocycles. The molecule has 0 aliphatic carbocycles. The average Bonchev–Trinajstić information content (AvgIpc) is 2.59. The van der Waals surface area contributed by atoms with E-state index in [1.54, 1.807) is 7.11 Å². The molecule has 0 fully saturated rings. The summed E-state index contributed by atoms with van der Waals surface area (Å²) in [7, 11) is 1.59. The predicted octanol–water partition coefficient (Wildman–Crippen LogP) is 3.27. The highest BCUT2D eigenvalue weighted by Gasteiger charge is 2.03. The Hall–Kier alpha value is -2.40. The van der Waals surface area contributed by atoms with Crippen LogP contribution >= 0.6 is 11.6 Å². The van der Waals surface area contributed by atoms with Crippen LogP contribution in [0.3, 0.4) is 0 Å². The lowest BCUT2D eigenvalue weighted by molar-refractivity contribution is 0.235. The summed E-state index contributed by atoms with van der Waals surface area (Å²) in [6.45, 7) is 1.31. The van der Waals surface area contributed by atoms with Crippen molar-refractivity contribution < 1.29 is 14.3 Å². The normalized spacial score (nSPS) is 10.1. The number of urea groups is 1. The fourth-order valence-electron chi connectivity index (χ4n) is 2.14. The number of halogens is 1. The van der Waals surface area contributed by atoms with Crippen LogP contribution in [0.4, 0.5) is 4.79 Å². The zero-order valence-corrected chi connectivity index (χ0v) is 14.3. The third kappa shape index (κ3) is 6.01. The van der Waals surface area contributed by atoms with Gasteiger partial charge in [0.25, 0.3) is 0 Å². The minimum Gasteiger partial charge on any atom is -0.493 e. The van der Waals surface area contributed by atoms with E-state index in [9.17, 15) is 4.79 Å². The lowest BCUT2D eigenvalue weighted by atomic mass is 10.1. The molecule has 0 spiro atoms. The van der Waals surface area contributed by atoms with Gasteiger partial charge in [-0.05, 0) is 36.2 Å². The molecule has 6 heteroatoms. The van der Waals surface area contributed by atoms with E-state index < -0.39 is 0 Å². The summed E-state index contributed by atoms with van der Waals surface area (Å²) in [6, 6.07) is 14.8. The molecule has 2 amide bonds. The van der Waals surface area contributed by atoms with Crippen molar-refractivity contribution >= 4 is 17.6 Å². The van der Waals surface area contributed by atoms with Crippen LogP contribution in [-0.4, -0.2) is 32.8 Å². The summed E-state index contributed by atoms with van der Waals surface area (Å²) in [5.41, 5.74) is 1.09. The number of ether oxygens (including phenoxy) is 2. The van der Waals surface area contributed by atoms with Gasteiger partial charge in [-0.25, -0.2) is 4.79 Å². The Kier molecular flexibility index (Phi) is 7.23. The van der Waals surface area contributed by atoms with E-state index in [-0.39, 0.29) is 6.03 Å². The molecule has 0 saturated carbocycles. The summed E-state index contributed by atoms with van der Waals surface area (Å²) in [5.74, 6) is 1.33. The second-order valence-corrected chi connectivity index (χ2v) is 5.50. The maximum atomic E-state index is 11.7. The van der Waals surface area contributed by atoms with E-state index >= 15 is 0 Å². The van der Waals surface area contributed by atoms with Gasteiger partial charge in [-0.3, -0.25) is 0 Å². The van der Waals surface area contributed by atoms with E-state index in [0.29, 0.717) is 36.2 Å². The molecule has 24 heavy (non-hydrogen) atoms. The number of para-hydroxylation sites is 2. The van der Waals surface area contributed by atoms with E-state index in [1.165, 1.54) is 0 Å². The number of methoxy groups -OCH3 is 1. The van der Waals surface area contributed by atoms with Crippen molar-refractivity contribution in [2.75, 3.05) is 26.8 Å². The Morgan fingerprint density at radius 3 is 2.54 bits per heavy atom. The molecule has 2 aromatic rings. The Morgan fingerprint density at radius 2 is 1.79 bits per heavy atom. The average molecular weight is 349 g/mol. The lowest BCUT2D eigenvalue weighted by Gasteiger charge is -2.11. The molecule has 2 N–H and O–H groups in total. The third-order valence-corrected chi connectivity index (χ3v) is 3.54. The lowest BCUT2D eigenvalue weighted by Crippen LogP contribution is -2.38. The van der Waals surface area contributed by atoms with Crippen LogP contribution in [0.15, 0.2) is 48.5 Å². The monoisotopic (exact) mass is 348 g/mol. The molecule has 0 saturated heterocycles. The molecule has 0 radical (unpaired) electrons. The minimum atomic E-state index is -0.222. The Labute approximate surface area is 146 Å². The summed E-state index contributed by atoms with van der Waals surface area (Å²) >= 11 is 5.92. The number of rotatable bonds is 8. The molecule has 2 rings (SSSR count). The number of nitrogens with one attached hydrogen (secondary N) is 2. The molecule has 0 unspecified atom stereocenters. The number of hydrogen-bond donors (Lipinski definition) is 2. The second-order valence-electron chi connectivity index (χ2n) is 5.06. The Bertz CT molecular complexity index is 664. The highest BCUT2D eigenvalue weighted by molar-refractivity contribution is 6.30. The number of carbonyl (C=O) groups is 1. The van der Waals surface area contributed by atoms with Crippen LogP contribution in [0.1, 0.15) is 5.56 Å². The molecule has 5 nitrogen and oxygen atoms in total. The zero-order chi connectivity index (χ0) is 17.2. The molecular weight excluding hydrogens is 328 g/mol. The van der Waals surface area contributed by atoms with E-state index in [0.717, 1.165) is 12.0 Å². The molecule has 2 aromatic carbocycles. The fraction of sp³-hybridized carbons (Fsp3) is 0.278. The van der Waals surface area contributed by atoms with Crippen LogP contribution in [0.2, 0.25) is 5.02 Å². The van der Waals surface area contributed by atoms with Gasteiger partial charge in [0.05, 0.1) is 13.7 Å². The zero-order valence-electron chi connectivity index (χ0n) is 13.5. The molecule has 0 heterocycles. The van der Waals surface area contributed by atoms with Crippen molar-refractivity contribution in [2.24, 2.45) is 0 Å². The Balaban J connectivity index is 1.61. The van der Waals surface area contributed by atoms with Crippen LogP contribution < -0.4 is 20.1 Å². The Morgan fingerprint density at radius 1 is 1.04 bits per heavy atom. The van der Waals surface area contributed by atoms with Gasteiger partial charge < -0.3 is 20.1 Å². The van der Waals surface area contributed by atoms with Crippen molar-refractivity contribution in [3.05, 3.63) is 59.1 Å². The topological polar surface area (TPSA) is 59.6 Å². The number of benzene rings is 2. The molecule has 0 aliphatic rings. The first-order valence-electron chi connectivity index (χ1n) is 7.71. The summed E-state index contributed by atoms with van der Waals surface area (Å²) in [6.07, 6.45) is 0.728. The number of amides is 2. The van der Waals surface area contributed by atoms with Crippen LogP contribution in [0, 0.1) is 0 Å². The summed E-state index contributed by atoms with van der Waals surface area (Å²) in [4.78, 5) is 11.7. The maximum Gasteiger partial charge on any atom is 0.314 e. The van der Waals surface area contributed by atoms with Gasteiger partial charge >= 0.3 is 6.03 Å². The highest BCUT2D eigenvalue weighted by atomic mass is 35.5. The number of hydrogen-bond acceptors (Lipinski definition) is 3. The molecular formula is C18H21ClN2O3. The van der Waals surface area contributed by atoms with Crippen molar-refractivity contribution in [3.8, 4) is 11.5 Å². The standard InChI is InChI=1S/C18H21ClN2O3/c1-23-16-7-2-3-8-17(16)24-12-11-21-18(22)20-10-9-14-5-4-6-15(19)13-14/h2-8,13H,9-12H2,1H3,(H2,20,21,22). The van der Waals surface area contributed by atoms with Crippen molar-refractivity contribution in [3.63, 3.8) is 0 Å². The molecule has 0 atom stereocenters. The highest BCUT2D eigenvalue weighted by Crippen LogP contribution is 2.25. The van der Waals surface area contributed by atoms with Gasteiger partial charge in [-0.2, -0.15) is 0 Å². The van der Waals surface area contributed by atoms with Gasteiger partial charge in [0.15, 0.2) is 11.5 Å². The van der Waals surface area contributed by atoms with E-state index in [1.807, 2.05) is 48.5 Å². The third-order valence-electron chi connectivity index (χ3n) is 3.30. The summed E-state index contributed by atoms with van der Waals surface area (Å²) < 4.78 is 10.8. The predicted molar refractivity (Wildman–Crippen MR) is 95.0 cm³/mol. The fourth-order valence-corrected chi connectivity index (χ4v) is 2.35. The van der Waals surface area contributed by atoms with Crippen LogP contribution in [0.5, 0.6) is 11.5 Å². The van der Waals surface area contributed by atoms with E-state index in [2.05, 4.69) is 10.6 Å². The first-order valence-corrected chi connectivity index (χ1v) is 8.09. The van der Waals surface area contributed by atoms with Gasteiger partial charge in [0, 0.05) is 11.6 Å². The van der Waals surface area contributed by atoms with Gasteiger partial charge in [-0.15, -0.1) is 0 Å². The smallest absolute Gasteiger partial charge is 0.314 e. The minimum absolute atomic E-state index is 0.222. The largest absolute Gasteiger partial charge is 0.493 e. The van der Waals surface area contributed by atoms with Crippen molar-refractivity contribution in [2.45, 2.75) is 6.42 Å². The molecule has 0 aliphatic heterocycles. The van der Waals surface area contributed by atoms with Gasteiger partial charge in [0.1, 0.15) is 6.61 Å². The van der Waals surface area contributed by atoms with Gasteiger partial charge in [-0.1, -0.05) is 35.9 Å². The first kappa shape index (κ1) is 17.9. The number of carbonyl (C=O) groups excluding carboxylic acids is 1. The molecule has 0 bridgehead atoms. The van der Waals surface area contributed by atoms with Crippen molar-refractivity contribution in [1.82, 2.24) is 10.6 Å². The first-order chi connectivity index (χ1) is 11.7. The van der Waals surface area contributed by atoms with E-state index in [4.69, 9.17) is 21.1 Å². The SMILES string of the molecule is COc1ccccc1OCCNC(=O)NCCc1cccc(Cl)c1. The van der Waals surface area contributed by atoms with Crippen LogP contribution in [0.25, 0.3) is 0 Å². The summed E-state index contributed by atoms with van der Waals surface area (Å²) in [5, 5.41) is 6.24. The molecule has 128 valence electrons. The van der Waals surface area contributed by atoms with Gasteiger partial charge in [0.2, 0.25) is 0 Å². The van der Waals surface area contributed by atoms with Crippen LogP contribution in [-0.2, 0) is 6.42 Å². The maximum absolute atomic E-state index is 11.7.